The number of hydrogen-bond acceptors (Lipinski definition) is 4. The van der Waals surface area contributed by atoms with Gasteiger partial charge in [0.1, 0.15) is 0 Å². The first-order valence-corrected chi connectivity index (χ1v) is 6.97. The fourth-order valence-corrected chi connectivity index (χ4v) is 2.66. The molecule has 0 bridgehead atoms. The van der Waals surface area contributed by atoms with Crippen LogP contribution in [0.15, 0.2) is 6.07 Å². The Balaban J connectivity index is 2.27. The molecule has 0 amide bonds. The van der Waals surface area contributed by atoms with Gasteiger partial charge in [0.2, 0.25) is 0 Å². The van der Waals surface area contributed by atoms with Crippen molar-refractivity contribution >= 4 is 23.2 Å². The molecule has 0 radical (unpaired) electrons. The molecule has 2 aromatic carbocycles. The van der Waals surface area contributed by atoms with Crippen LogP contribution in [0.1, 0.15) is 16.7 Å². The molecule has 0 saturated carbocycles. The van der Waals surface area contributed by atoms with Gasteiger partial charge in [-0.1, -0.05) is 23.2 Å². The summed E-state index contributed by atoms with van der Waals surface area (Å²) in [7, 11) is 0. The lowest BCUT2D eigenvalue weighted by Crippen LogP contribution is -2.04. The summed E-state index contributed by atoms with van der Waals surface area (Å²) < 4.78 is 11.7. The van der Waals surface area contributed by atoms with Crippen LogP contribution in [0.2, 0.25) is 10.0 Å². The van der Waals surface area contributed by atoms with E-state index in [9.17, 15) is 10.2 Å². The lowest BCUT2D eigenvalue weighted by atomic mass is 10.1. The van der Waals surface area contributed by atoms with E-state index in [1.54, 1.807) is 26.8 Å². The molecule has 4 nitrogen and oxygen atoms in total. The Morgan fingerprint density at radius 2 is 1.33 bits per heavy atom. The molecular weight excluding hydrogens is 315 g/mol. The molecule has 1 aliphatic heterocycles. The maximum Gasteiger partial charge on any atom is 0.177 e. The third-order valence-electron chi connectivity index (χ3n) is 3.60. The molecule has 2 N–H and O–H groups in total. The molecule has 0 spiro atoms. The van der Waals surface area contributed by atoms with Crippen LogP contribution in [0.3, 0.4) is 0 Å². The molecule has 0 fully saturated rings. The summed E-state index contributed by atoms with van der Waals surface area (Å²) in [5.41, 5.74) is 1.43. The van der Waals surface area contributed by atoms with E-state index in [0.29, 0.717) is 49.7 Å². The molecule has 3 rings (SSSR count). The molecule has 1 heterocycles. The van der Waals surface area contributed by atoms with Crippen LogP contribution in [0.4, 0.5) is 0 Å². The Morgan fingerprint density at radius 1 is 0.810 bits per heavy atom. The van der Waals surface area contributed by atoms with E-state index in [-0.39, 0.29) is 11.5 Å². The Bertz CT molecular complexity index is 784. The summed E-state index contributed by atoms with van der Waals surface area (Å²) in [5, 5.41) is 20.6. The Morgan fingerprint density at radius 3 is 1.90 bits per heavy atom. The van der Waals surface area contributed by atoms with Gasteiger partial charge in [-0.2, -0.15) is 0 Å². The van der Waals surface area contributed by atoms with E-state index in [2.05, 4.69) is 0 Å². The smallest absolute Gasteiger partial charge is 0.177 e. The van der Waals surface area contributed by atoms with Crippen molar-refractivity contribution in [2.24, 2.45) is 0 Å². The van der Waals surface area contributed by atoms with Gasteiger partial charge in [-0.05, 0) is 20.8 Å². The topological polar surface area (TPSA) is 58.9 Å². The molecule has 6 heteroatoms. The lowest BCUT2D eigenvalue weighted by Gasteiger charge is -2.26. The minimum absolute atomic E-state index is 0.226. The van der Waals surface area contributed by atoms with E-state index in [4.69, 9.17) is 32.7 Å². The van der Waals surface area contributed by atoms with Crippen molar-refractivity contribution in [3.8, 4) is 34.5 Å². The van der Waals surface area contributed by atoms with E-state index in [0.717, 1.165) is 0 Å². The number of halogens is 2. The van der Waals surface area contributed by atoms with E-state index in [1.165, 1.54) is 0 Å². The predicted octanol–water partition coefficient (Wildman–Crippen LogP) is 5.23. The van der Waals surface area contributed by atoms with E-state index >= 15 is 0 Å². The maximum absolute atomic E-state index is 9.93. The Labute approximate surface area is 131 Å². The first-order chi connectivity index (χ1) is 9.82. The summed E-state index contributed by atoms with van der Waals surface area (Å²) in [6.07, 6.45) is 0. The summed E-state index contributed by atoms with van der Waals surface area (Å²) >= 11 is 12.2. The van der Waals surface area contributed by atoms with E-state index in [1.807, 2.05) is 0 Å². The van der Waals surface area contributed by atoms with Crippen LogP contribution in [-0.2, 0) is 0 Å². The highest BCUT2D eigenvalue weighted by molar-refractivity contribution is 6.42. The summed E-state index contributed by atoms with van der Waals surface area (Å²) in [4.78, 5) is 0. The normalized spacial score (nSPS) is 12.2. The zero-order valence-corrected chi connectivity index (χ0v) is 13.1. The van der Waals surface area contributed by atoms with Crippen LogP contribution in [0.25, 0.3) is 0 Å². The van der Waals surface area contributed by atoms with Crippen LogP contribution < -0.4 is 9.47 Å². The molecule has 0 aromatic heterocycles. The van der Waals surface area contributed by atoms with E-state index < -0.39 is 0 Å². The fourth-order valence-electron chi connectivity index (χ4n) is 2.28. The standard InChI is InChI=1S/C15H12Cl2O4/c1-5-10(17)8(16)4-9-13(5)21-15-7(3)12(19)11(18)6(2)14(15)20-9/h4,18-19H,1-3H3. The highest BCUT2D eigenvalue weighted by atomic mass is 35.5. The van der Waals surface area contributed by atoms with Gasteiger partial charge in [0.05, 0.1) is 10.0 Å². The highest BCUT2D eigenvalue weighted by Gasteiger charge is 2.29. The van der Waals surface area contributed by atoms with Crippen molar-refractivity contribution < 1.29 is 19.7 Å². The minimum atomic E-state index is -0.227. The summed E-state index contributed by atoms with van der Waals surface area (Å²) in [5.74, 6) is 1.13. The molecule has 0 aliphatic carbocycles. The maximum atomic E-state index is 9.93. The second-order valence-corrected chi connectivity index (χ2v) is 5.72. The van der Waals surface area contributed by atoms with Gasteiger partial charge in [0.25, 0.3) is 0 Å². The first-order valence-electron chi connectivity index (χ1n) is 6.22. The summed E-state index contributed by atoms with van der Waals surface area (Å²) in [6, 6.07) is 1.56. The third-order valence-corrected chi connectivity index (χ3v) is 4.48. The Kier molecular flexibility index (Phi) is 3.11. The average Bonchev–Trinajstić information content (AvgIpc) is 2.47. The quantitative estimate of drug-likeness (QED) is 0.555. The average molecular weight is 327 g/mol. The van der Waals surface area contributed by atoms with Gasteiger partial charge in [-0.25, -0.2) is 0 Å². The SMILES string of the molecule is Cc1c(Cl)c(Cl)cc2c1Oc1c(C)c(O)c(O)c(C)c1O2. The molecule has 110 valence electrons. The van der Waals surface area contributed by atoms with Crippen molar-refractivity contribution in [3.05, 3.63) is 32.8 Å². The van der Waals surface area contributed by atoms with Crippen molar-refractivity contribution in [3.63, 3.8) is 0 Å². The number of rotatable bonds is 0. The van der Waals surface area contributed by atoms with Gasteiger partial charge >= 0.3 is 0 Å². The third kappa shape index (κ3) is 1.90. The fraction of sp³-hybridized carbons (Fsp3) is 0.200. The van der Waals surface area contributed by atoms with Crippen molar-refractivity contribution in [2.75, 3.05) is 0 Å². The highest BCUT2D eigenvalue weighted by Crippen LogP contribution is 2.56. The molecule has 0 saturated heterocycles. The molecule has 2 aromatic rings. The van der Waals surface area contributed by atoms with Crippen LogP contribution in [0, 0.1) is 20.8 Å². The monoisotopic (exact) mass is 326 g/mol. The molecular formula is C15H12Cl2O4. The number of ether oxygens (including phenoxy) is 2. The number of fused-ring (bicyclic) bond motifs is 2. The van der Waals surface area contributed by atoms with Crippen LogP contribution in [0.5, 0.6) is 34.5 Å². The number of benzene rings is 2. The van der Waals surface area contributed by atoms with Gasteiger partial charge in [0, 0.05) is 22.8 Å². The molecule has 1 aliphatic rings. The van der Waals surface area contributed by atoms with Crippen LogP contribution >= 0.6 is 23.2 Å². The molecule has 0 atom stereocenters. The predicted molar refractivity (Wildman–Crippen MR) is 80.6 cm³/mol. The second kappa shape index (κ2) is 4.61. The number of phenolic OH excluding ortho intramolecular Hbond substituents is 2. The number of phenols is 2. The molecule has 0 unspecified atom stereocenters. The van der Waals surface area contributed by atoms with Crippen LogP contribution in [-0.4, -0.2) is 10.2 Å². The Hall–Kier alpha value is -1.78. The zero-order chi connectivity index (χ0) is 15.5. The van der Waals surface area contributed by atoms with Gasteiger partial charge in [-0.3, -0.25) is 0 Å². The summed E-state index contributed by atoms with van der Waals surface area (Å²) in [6.45, 7) is 5.03. The second-order valence-electron chi connectivity index (χ2n) is 4.93. The molecule has 21 heavy (non-hydrogen) atoms. The van der Waals surface area contributed by atoms with Gasteiger partial charge < -0.3 is 19.7 Å². The lowest BCUT2D eigenvalue weighted by molar-refractivity contribution is 0.338. The zero-order valence-electron chi connectivity index (χ0n) is 11.5. The minimum Gasteiger partial charge on any atom is -0.504 e. The first kappa shape index (κ1) is 14.2. The van der Waals surface area contributed by atoms with Crippen molar-refractivity contribution in [1.29, 1.82) is 0 Å². The number of aromatic hydroxyl groups is 2. The largest absolute Gasteiger partial charge is 0.504 e. The van der Waals surface area contributed by atoms with Gasteiger partial charge in [0.15, 0.2) is 34.5 Å². The number of hydrogen-bond donors (Lipinski definition) is 2. The van der Waals surface area contributed by atoms with Crippen molar-refractivity contribution in [1.82, 2.24) is 0 Å². The van der Waals surface area contributed by atoms with Crippen molar-refractivity contribution in [2.45, 2.75) is 20.8 Å². The van der Waals surface area contributed by atoms with Gasteiger partial charge in [-0.15, -0.1) is 0 Å².